The Bertz CT molecular complexity index is 426. The first kappa shape index (κ1) is 12.7. The lowest BCUT2D eigenvalue weighted by Crippen LogP contribution is -2.36. The van der Waals surface area contributed by atoms with E-state index in [1.54, 1.807) is 6.07 Å². The lowest BCUT2D eigenvalue weighted by Gasteiger charge is -2.29. The fraction of sp³-hybridized carbons (Fsp3) is 0.462. The quantitative estimate of drug-likeness (QED) is 0.366. The largest absolute Gasteiger partial charge is 0.490 e. The van der Waals surface area contributed by atoms with Crippen molar-refractivity contribution in [2.24, 2.45) is 10.9 Å². The van der Waals surface area contributed by atoms with Gasteiger partial charge in [-0.25, -0.2) is 0 Å². The van der Waals surface area contributed by atoms with Crippen LogP contribution in [0.15, 0.2) is 29.4 Å². The molecule has 5 heteroatoms. The molecule has 3 N–H and O–H groups in total. The van der Waals surface area contributed by atoms with Crippen LogP contribution in [0, 0.1) is 0 Å². The van der Waals surface area contributed by atoms with Gasteiger partial charge in [-0.15, -0.1) is 0 Å². The summed E-state index contributed by atoms with van der Waals surface area (Å²) in [6.45, 7) is 2.08. The summed E-state index contributed by atoms with van der Waals surface area (Å²) in [6.07, 6.45) is 2.20. The van der Waals surface area contributed by atoms with E-state index in [2.05, 4.69) is 17.1 Å². The molecule has 0 unspecified atom stereocenters. The van der Waals surface area contributed by atoms with Crippen molar-refractivity contribution < 1.29 is 9.94 Å². The minimum atomic E-state index is 0.0820. The third-order valence-electron chi connectivity index (χ3n) is 3.23. The van der Waals surface area contributed by atoms with Crippen molar-refractivity contribution in [3.05, 3.63) is 29.8 Å². The molecule has 0 atom stereocenters. The highest BCUT2D eigenvalue weighted by molar-refractivity contribution is 5.99. The molecule has 0 bridgehead atoms. The van der Waals surface area contributed by atoms with Crippen LogP contribution in [0.2, 0.25) is 0 Å². The Morgan fingerprint density at radius 2 is 2.06 bits per heavy atom. The number of nitrogens with two attached hydrogens (primary N) is 1. The van der Waals surface area contributed by atoms with Gasteiger partial charge in [0.15, 0.2) is 5.84 Å². The van der Waals surface area contributed by atoms with E-state index in [9.17, 15) is 0 Å². The summed E-state index contributed by atoms with van der Waals surface area (Å²) in [5.74, 6) is 0.765. The molecule has 2 rings (SSSR count). The number of benzene rings is 1. The number of para-hydroxylation sites is 1. The zero-order chi connectivity index (χ0) is 13.0. The van der Waals surface area contributed by atoms with Gasteiger partial charge in [0.1, 0.15) is 11.9 Å². The molecular weight excluding hydrogens is 230 g/mol. The predicted octanol–water partition coefficient (Wildman–Crippen LogP) is 1.25. The molecule has 98 valence electrons. The second-order valence-electron chi connectivity index (χ2n) is 4.60. The van der Waals surface area contributed by atoms with Crippen LogP contribution in [0.4, 0.5) is 0 Å². The molecule has 1 saturated heterocycles. The van der Waals surface area contributed by atoms with E-state index in [0.29, 0.717) is 11.3 Å². The molecular formula is C13H19N3O2. The van der Waals surface area contributed by atoms with Gasteiger partial charge < -0.3 is 20.6 Å². The number of hydrogen-bond acceptors (Lipinski definition) is 4. The predicted molar refractivity (Wildman–Crippen MR) is 70.1 cm³/mol. The van der Waals surface area contributed by atoms with Gasteiger partial charge in [0, 0.05) is 13.1 Å². The van der Waals surface area contributed by atoms with Crippen LogP contribution in [-0.4, -0.2) is 42.2 Å². The maximum absolute atomic E-state index is 8.75. The summed E-state index contributed by atoms with van der Waals surface area (Å²) < 4.78 is 5.96. The molecule has 0 spiro atoms. The van der Waals surface area contributed by atoms with Crippen LogP contribution in [-0.2, 0) is 0 Å². The first-order valence-corrected chi connectivity index (χ1v) is 6.13. The summed E-state index contributed by atoms with van der Waals surface area (Å²) in [5.41, 5.74) is 6.27. The molecule has 18 heavy (non-hydrogen) atoms. The van der Waals surface area contributed by atoms with Crippen molar-refractivity contribution in [2.45, 2.75) is 18.9 Å². The lowest BCUT2D eigenvalue weighted by molar-refractivity contribution is 0.114. The minimum Gasteiger partial charge on any atom is -0.490 e. The number of likely N-dealkylation sites (tertiary alicyclic amines) is 1. The van der Waals surface area contributed by atoms with Crippen molar-refractivity contribution in [1.82, 2.24) is 4.90 Å². The van der Waals surface area contributed by atoms with Gasteiger partial charge >= 0.3 is 0 Å². The maximum Gasteiger partial charge on any atom is 0.173 e. The van der Waals surface area contributed by atoms with E-state index in [1.807, 2.05) is 18.2 Å². The van der Waals surface area contributed by atoms with E-state index in [-0.39, 0.29) is 11.9 Å². The van der Waals surface area contributed by atoms with Gasteiger partial charge in [-0.1, -0.05) is 17.3 Å². The average Bonchev–Trinajstić information content (AvgIpc) is 2.41. The van der Waals surface area contributed by atoms with Gasteiger partial charge in [-0.2, -0.15) is 0 Å². The fourth-order valence-electron chi connectivity index (χ4n) is 2.12. The number of rotatable bonds is 3. The number of amidine groups is 1. The third-order valence-corrected chi connectivity index (χ3v) is 3.23. The highest BCUT2D eigenvalue weighted by atomic mass is 16.5. The van der Waals surface area contributed by atoms with Crippen molar-refractivity contribution in [1.29, 1.82) is 0 Å². The van der Waals surface area contributed by atoms with Gasteiger partial charge in [-0.05, 0) is 32.0 Å². The standard InChI is InChI=1S/C13H19N3O2/c1-16-8-6-10(7-9-16)18-12-5-3-2-4-11(12)13(14)15-17/h2-5,10,17H,6-9H2,1H3,(H2,14,15). The van der Waals surface area contributed by atoms with E-state index in [1.165, 1.54) is 0 Å². The molecule has 1 heterocycles. The van der Waals surface area contributed by atoms with Crippen LogP contribution >= 0.6 is 0 Å². The third kappa shape index (κ3) is 2.92. The van der Waals surface area contributed by atoms with Crippen LogP contribution < -0.4 is 10.5 Å². The Morgan fingerprint density at radius 1 is 1.39 bits per heavy atom. The van der Waals surface area contributed by atoms with Gasteiger partial charge in [-0.3, -0.25) is 0 Å². The number of oxime groups is 1. The summed E-state index contributed by atoms with van der Waals surface area (Å²) >= 11 is 0. The first-order chi connectivity index (χ1) is 8.70. The molecule has 0 aromatic heterocycles. The molecule has 0 radical (unpaired) electrons. The molecule has 1 aliphatic rings. The molecule has 1 aromatic rings. The van der Waals surface area contributed by atoms with Gasteiger partial charge in [0.05, 0.1) is 5.56 Å². The molecule has 5 nitrogen and oxygen atoms in total. The van der Waals surface area contributed by atoms with E-state index >= 15 is 0 Å². The Labute approximate surface area is 107 Å². The maximum atomic E-state index is 8.75. The van der Waals surface area contributed by atoms with Crippen molar-refractivity contribution >= 4 is 5.84 Å². The highest BCUT2D eigenvalue weighted by Gasteiger charge is 2.19. The monoisotopic (exact) mass is 249 g/mol. The molecule has 1 aliphatic heterocycles. The smallest absolute Gasteiger partial charge is 0.173 e. The number of nitrogens with zero attached hydrogens (tertiary/aromatic N) is 2. The Morgan fingerprint density at radius 3 is 2.72 bits per heavy atom. The summed E-state index contributed by atoms with van der Waals surface area (Å²) in [4.78, 5) is 2.29. The van der Waals surface area contributed by atoms with Gasteiger partial charge in [0.25, 0.3) is 0 Å². The molecule has 1 aromatic carbocycles. The average molecular weight is 249 g/mol. The first-order valence-electron chi connectivity index (χ1n) is 6.13. The highest BCUT2D eigenvalue weighted by Crippen LogP contribution is 2.22. The Balaban J connectivity index is 2.09. The molecule has 0 amide bonds. The van der Waals surface area contributed by atoms with Crippen molar-refractivity contribution in [3.63, 3.8) is 0 Å². The van der Waals surface area contributed by atoms with Crippen LogP contribution in [0.3, 0.4) is 0 Å². The second-order valence-corrected chi connectivity index (χ2v) is 4.60. The van der Waals surface area contributed by atoms with Crippen molar-refractivity contribution in [3.8, 4) is 5.75 Å². The zero-order valence-corrected chi connectivity index (χ0v) is 10.5. The SMILES string of the molecule is CN1CCC(Oc2ccccc2/C(N)=N/O)CC1. The van der Waals surface area contributed by atoms with Crippen LogP contribution in [0.5, 0.6) is 5.75 Å². The lowest BCUT2D eigenvalue weighted by atomic mass is 10.1. The van der Waals surface area contributed by atoms with E-state index < -0.39 is 0 Å². The summed E-state index contributed by atoms with van der Waals surface area (Å²) in [5, 5.41) is 11.8. The zero-order valence-electron chi connectivity index (χ0n) is 10.5. The fourth-order valence-corrected chi connectivity index (χ4v) is 2.12. The molecule has 1 fully saturated rings. The Hall–Kier alpha value is -1.75. The normalized spacial score (nSPS) is 18.8. The molecule has 0 saturated carbocycles. The van der Waals surface area contributed by atoms with Crippen LogP contribution in [0.1, 0.15) is 18.4 Å². The second kappa shape index (κ2) is 5.73. The Kier molecular flexibility index (Phi) is 4.04. The van der Waals surface area contributed by atoms with E-state index in [0.717, 1.165) is 25.9 Å². The summed E-state index contributed by atoms with van der Waals surface area (Å²) in [6, 6.07) is 7.37. The number of ether oxygens (including phenoxy) is 1. The minimum absolute atomic E-state index is 0.0820. The number of piperidine rings is 1. The molecule has 0 aliphatic carbocycles. The van der Waals surface area contributed by atoms with Crippen LogP contribution in [0.25, 0.3) is 0 Å². The van der Waals surface area contributed by atoms with Gasteiger partial charge in [0.2, 0.25) is 0 Å². The van der Waals surface area contributed by atoms with E-state index in [4.69, 9.17) is 15.7 Å². The topological polar surface area (TPSA) is 71.1 Å². The summed E-state index contributed by atoms with van der Waals surface area (Å²) in [7, 11) is 2.11. The number of hydrogen-bond donors (Lipinski definition) is 2. The van der Waals surface area contributed by atoms with Crippen molar-refractivity contribution in [2.75, 3.05) is 20.1 Å².